The smallest absolute Gasteiger partial charge is 0.408 e. The summed E-state index contributed by atoms with van der Waals surface area (Å²) in [5.74, 6) is -0.318. The highest BCUT2D eigenvalue weighted by Crippen LogP contribution is 2.13. The van der Waals surface area contributed by atoms with E-state index in [2.05, 4.69) is 25.6 Å². The average molecular weight is 434 g/mol. The molecule has 0 aliphatic rings. The molecule has 166 valence electrons. The van der Waals surface area contributed by atoms with Crippen LogP contribution in [-0.4, -0.2) is 38.6 Å². The van der Waals surface area contributed by atoms with Gasteiger partial charge in [-0.3, -0.25) is 19.7 Å². The summed E-state index contributed by atoms with van der Waals surface area (Å²) < 4.78 is 5.32. The molecule has 0 fully saturated rings. The van der Waals surface area contributed by atoms with Gasteiger partial charge in [0.15, 0.2) is 0 Å². The van der Waals surface area contributed by atoms with Gasteiger partial charge in [0.25, 0.3) is 0 Å². The predicted molar refractivity (Wildman–Crippen MR) is 120 cm³/mol. The van der Waals surface area contributed by atoms with Gasteiger partial charge in [-0.25, -0.2) is 4.79 Å². The second-order valence-electron chi connectivity index (χ2n) is 8.24. The van der Waals surface area contributed by atoms with Crippen LogP contribution < -0.4 is 10.6 Å². The van der Waals surface area contributed by atoms with Crippen molar-refractivity contribution < 1.29 is 14.3 Å². The molecule has 2 amide bonds. The van der Waals surface area contributed by atoms with E-state index in [1.165, 1.54) is 0 Å². The standard InChI is InChI=1S/C24H27N5O3/c1-24(2,3)32-23(31)29-21(14-17-9-12-25-13-10-17)22(30)28-16-18-7-8-20(27-15-18)19-6-4-5-11-26-19/h4-13,15,21H,14,16H2,1-3H3,(H,28,30)(H,29,31)/t21-/m0/s1. The molecule has 8 nitrogen and oxygen atoms in total. The van der Waals surface area contributed by atoms with E-state index in [0.29, 0.717) is 6.42 Å². The number of nitrogens with one attached hydrogen (secondary N) is 2. The van der Waals surface area contributed by atoms with Crippen molar-refractivity contribution in [1.29, 1.82) is 0 Å². The van der Waals surface area contributed by atoms with Gasteiger partial charge in [0.1, 0.15) is 11.6 Å². The van der Waals surface area contributed by atoms with Crippen LogP contribution in [0.15, 0.2) is 67.3 Å². The van der Waals surface area contributed by atoms with Crippen LogP contribution in [0.2, 0.25) is 0 Å². The van der Waals surface area contributed by atoms with Gasteiger partial charge in [-0.1, -0.05) is 12.1 Å². The Morgan fingerprint density at radius 2 is 1.69 bits per heavy atom. The number of amides is 2. The lowest BCUT2D eigenvalue weighted by atomic mass is 10.1. The van der Waals surface area contributed by atoms with E-state index < -0.39 is 17.7 Å². The topological polar surface area (TPSA) is 106 Å². The number of hydrogen-bond donors (Lipinski definition) is 2. The Kier molecular flexibility index (Phi) is 7.49. The molecule has 0 aliphatic carbocycles. The Hall–Kier alpha value is -3.81. The molecule has 0 saturated heterocycles. The molecule has 3 aromatic rings. The van der Waals surface area contributed by atoms with Crippen molar-refractivity contribution in [3.63, 3.8) is 0 Å². The van der Waals surface area contributed by atoms with E-state index in [1.54, 1.807) is 57.7 Å². The lowest BCUT2D eigenvalue weighted by Crippen LogP contribution is -2.49. The zero-order valence-electron chi connectivity index (χ0n) is 18.4. The van der Waals surface area contributed by atoms with Crippen molar-refractivity contribution in [2.75, 3.05) is 0 Å². The summed E-state index contributed by atoms with van der Waals surface area (Å²) >= 11 is 0. The van der Waals surface area contributed by atoms with Crippen molar-refractivity contribution >= 4 is 12.0 Å². The Balaban J connectivity index is 1.64. The van der Waals surface area contributed by atoms with E-state index in [9.17, 15) is 9.59 Å². The minimum absolute atomic E-state index is 0.275. The number of alkyl carbamates (subject to hydrolysis) is 1. The van der Waals surface area contributed by atoms with Crippen molar-refractivity contribution in [2.45, 2.75) is 45.4 Å². The molecule has 8 heteroatoms. The molecule has 2 N–H and O–H groups in total. The first-order valence-corrected chi connectivity index (χ1v) is 10.3. The molecular formula is C24H27N5O3. The highest BCUT2D eigenvalue weighted by atomic mass is 16.6. The largest absolute Gasteiger partial charge is 0.444 e. The molecule has 1 atom stereocenters. The van der Waals surface area contributed by atoms with Gasteiger partial charge in [0, 0.05) is 37.8 Å². The average Bonchev–Trinajstić information content (AvgIpc) is 2.77. The minimum Gasteiger partial charge on any atom is -0.444 e. The second-order valence-corrected chi connectivity index (χ2v) is 8.24. The number of ether oxygens (including phenoxy) is 1. The number of hydrogen-bond acceptors (Lipinski definition) is 6. The van der Waals surface area contributed by atoms with Crippen molar-refractivity contribution in [1.82, 2.24) is 25.6 Å². The molecule has 0 unspecified atom stereocenters. The van der Waals surface area contributed by atoms with E-state index in [0.717, 1.165) is 22.5 Å². The molecule has 0 spiro atoms. The van der Waals surface area contributed by atoms with Crippen LogP contribution in [0.3, 0.4) is 0 Å². The normalized spacial score (nSPS) is 12.0. The van der Waals surface area contributed by atoms with Gasteiger partial charge in [-0.2, -0.15) is 0 Å². The maximum Gasteiger partial charge on any atom is 0.408 e. The van der Waals surface area contributed by atoms with Crippen molar-refractivity contribution in [3.05, 3.63) is 78.4 Å². The fraction of sp³-hybridized carbons (Fsp3) is 0.292. The van der Waals surface area contributed by atoms with Crippen molar-refractivity contribution in [3.8, 4) is 11.4 Å². The van der Waals surface area contributed by atoms with Crippen LogP contribution in [0.4, 0.5) is 4.79 Å². The third kappa shape index (κ3) is 7.16. The molecule has 0 saturated carbocycles. The van der Waals surface area contributed by atoms with Crippen LogP contribution in [0.5, 0.6) is 0 Å². The number of carbonyl (C=O) groups excluding carboxylic acids is 2. The van der Waals surface area contributed by atoms with Gasteiger partial charge >= 0.3 is 6.09 Å². The van der Waals surface area contributed by atoms with E-state index in [-0.39, 0.29) is 12.5 Å². The predicted octanol–water partition coefficient (Wildman–Crippen LogP) is 3.29. The fourth-order valence-corrected chi connectivity index (χ4v) is 2.92. The number of nitrogens with zero attached hydrogens (tertiary/aromatic N) is 3. The van der Waals surface area contributed by atoms with Gasteiger partial charge in [0.2, 0.25) is 5.91 Å². The lowest BCUT2D eigenvalue weighted by molar-refractivity contribution is -0.123. The number of rotatable bonds is 7. The quantitative estimate of drug-likeness (QED) is 0.592. The third-order valence-electron chi connectivity index (χ3n) is 4.42. The van der Waals surface area contributed by atoms with Gasteiger partial charge in [-0.15, -0.1) is 0 Å². The maximum absolute atomic E-state index is 12.9. The summed E-state index contributed by atoms with van der Waals surface area (Å²) in [6.07, 6.45) is 6.37. The molecular weight excluding hydrogens is 406 g/mol. The molecule has 0 aliphatic heterocycles. The first-order valence-electron chi connectivity index (χ1n) is 10.3. The number of carbonyl (C=O) groups is 2. The fourth-order valence-electron chi connectivity index (χ4n) is 2.92. The van der Waals surface area contributed by atoms with E-state index in [1.807, 2.05) is 30.3 Å². The summed E-state index contributed by atoms with van der Waals surface area (Å²) in [5, 5.41) is 5.54. The first kappa shape index (κ1) is 22.9. The monoisotopic (exact) mass is 433 g/mol. The van der Waals surface area contributed by atoms with Gasteiger partial charge in [0.05, 0.1) is 11.4 Å². The highest BCUT2D eigenvalue weighted by molar-refractivity contribution is 5.86. The molecule has 3 heterocycles. The summed E-state index contributed by atoms with van der Waals surface area (Å²) in [6, 6.07) is 12.2. The van der Waals surface area contributed by atoms with E-state index in [4.69, 9.17) is 4.74 Å². The van der Waals surface area contributed by atoms with Crippen LogP contribution >= 0.6 is 0 Å². The summed E-state index contributed by atoms with van der Waals surface area (Å²) in [5.41, 5.74) is 2.57. The molecule has 0 aromatic carbocycles. The summed E-state index contributed by atoms with van der Waals surface area (Å²) in [6.45, 7) is 5.58. The number of aromatic nitrogens is 3. The summed E-state index contributed by atoms with van der Waals surface area (Å²) in [7, 11) is 0. The SMILES string of the molecule is CC(C)(C)OC(=O)N[C@@H](Cc1ccncc1)C(=O)NCc1ccc(-c2ccccn2)nc1. The van der Waals surface area contributed by atoms with Crippen LogP contribution in [0.25, 0.3) is 11.4 Å². The van der Waals surface area contributed by atoms with Crippen LogP contribution in [0.1, 0.15) is 31.9 Å². The third-order valence-corrected chi connectivity index (χ3v) is 4.42. The summed E-state index contributed by atoms with van der Waals surface area (Å²) in [4.78, 5) is 37.8. The molecule has 3 rings (SSSR count). The molecule has 0 radical (unpaired) electrons. The minimum atomic E-state index is -0.798. The number of pyridine rings is 3. The van der Waals surface area contributed by atoms with Crippen molar-refractivity contribution in [2.24, 2.45) is 0 Å². The Labute approximate surface area is 187 Å². The Bertz CT molecular complexity index is 1020. The Morgan fingerprint density at radius 1 is 0.938 bits per heavy atom. The zero-order chi connectivity index (χ0) is 23.0. The Morgan fingerprint density at radius 3 is 2.31 bits per heavy atom. The van der Waals surface area contributed by atoms with Gasteiger partial charge in [-0.05, 0) is 62.2 Å². The van der Waals surface area contributed by atoms with Gasteiger partial charge < -0.3 is 15.4 Å². The molecule has 32 heavy (non-hydrogen) atoms. The molecule has 0 bridgehead atoms. The first-order chi connectivity index (χ1) is 15.3. The van der Waals surface area contributed by atoms with Crippen LogP contribution in [-0.2, 0) is 22.5 Å². The van der Waals surface area contributed by atoms with Crippen LogP contribution in [0, 0.1) is 0 Å². The maximum atomic E-state index is 12.9. The highest BCUT2D eigenvalue weighted by Gasteiger charge is 2.24. The zero-order valence-corrected chi connectivity index (χ0v) is 18.4. The van der Waals surface area contributed by atoms with E-state index >= 15 is 0 Å². The lowest BCUT2D eigenvalue weighted by Gasteiger charge is -2.23. The molecule has 3 aromatic heterocycles. The second kappa shape index (κ2) is 10.5.